The Morgan fingerprint density at radius 1 is 1.25 bits per heavy atom. The van der Waals surface area contributed by atoms with Crippen molar-refractivity contribution in [3.8, 4) is 12.1 Å². The standard InChI is InChI=1S/C12H10N4/c1-10(11-6-4-3-5-7-11)15-16-12(2,8-13)9-14/h3-7H,1H2,2H3/b16-15+. The summed E-state index contributed by atoms with van der Waals surface area (Å²) in [5, 5.41) is 24.9. The van der Waals surface area contributed by atoms with Gasteiger partial charge in [0.25, 0.3) is 0 Å². The summed E-state index contributed by atoms with van der Waals surface area (Å²) >= 11 is 0. The van der Waals surface area contributed by atoms with Crippen LogP contribution in [0.5, 0.6) is 0 Å². The van der Waals surface area contributed by atoms with Crippen LogP contribution >= 0.6 is 0 Å². The second-order valence-corrected chi connectivity index (χ2v) is 3.31. The van der Waals surface area contributed by atoms with Gasteiger partial charge in [0, 0.05) is 5.56 Å². The van der Waals surface area contributed by atoms with E-state index in [9.17, 15) is 0 Å². The van der Waals surface area contributed by atoms with Crippen LogP contribution in [0.2, 0.25) is 0 Å². The lowest BCUT2D eigenvalue weighted by atomic mass is 10.1. The van der Waals surface area contributed by atoms with Crippen LogP contribution in [0.15, 0.2) is 47.1 Å². The Balaban J connectivity index is 2.86. The average Bonchev–Trinajstić information content (AvgIpc) is 2.36. The van der Waals surface area contributed by atoms with Gasteiger partial charge < -0.3 is 0 Å². The Morgan fingerprint density at radius 3 is 2.31 bits per heavy atom. The third-order valence-electron chi connectivity index (χ3n) is 1.91. The summed E-state index contributed by atoms with van der Waals surface area (Å²) in [6.07, 6.45) is 0. The lowest BCUT2D eigenvalue weighted by Gasteiger charge is -2.03. The minimum absolute atomic E-state index is 0.428. The molecule has 0 aliphatic heterocycles. The topological polar surface area (TPSA) is 72.3 Å². The summed E-state index contributed by atoms with van der Waals surface area (Å²) in [6.45, 7) is 5.11. The minimum atomic E-state index is -1.45. The van der Waals surface area contributed by atoms with Gasteiger partial charge in [-0.1, -0.05) is 36.9 Å². The van der Waals surface area contributed by atoms with Crippen LogP contribution in [0.4, 0.5) is 0 Å². The highest BCUT2D eigenvalue weighted by Gasteiger charge is 2.21. The van der Waals surface area contributed by atoms with E-state index in [2.05, 4.69) is 16.8 Å². The second kappa shape index (κ2) is 4.86. The first-order chi connectivity index (χ1) is 7.61. The molecule has 0 heterocycles. The molecule has 1 aromatic rings. The molecule has 1 aromatic carbocycles. The monoisotopic (exact) mass is 210 g/mol. The maximum Gasteiger partial charge on any atom is 0.249 e. The minimum Gasteiger partial charge on any atom is -0.194 e. The van der Waals surface area contributed by atoms with E-state index < -0.39 is 5.54 Å². The van der Waals surface area contributed by atoms with Gasteiger partial charge in [-0.15, -0.1) is 0 Å². The van der Waals surface area contributed by atoms with Gasteiger partial charge in [0.05, 0.1) is 5.70 Å². The Kier molecular flexibility index (Phi) is 3.53. The summed E-state index contributed by atoms with van der Waals surface area (Å²) < 4.78 is 0. The molecule has 4 heteroatoms. The van der Waals surface area contributed by atoms with E-state index in [1.807, 2.05) is 30.3 Å². The third-order valence-corrected chi connectivity index (χ3v) is 1.91. The fourth-order valence-electron chi connectivity index (χ4n) is 0.918. The van der Waals surface area contributed by atoms with Crippen LogP contribution in [-0.2, 0) is 0 Å². The van der Waals surface area contributed by atoms with Gasteiger partial charge in [-0.2, -0.15) is 20.8 Å². The van der Waals surface area contributed by atoms with Gasteiger partial charge in [-0.05, 0) is 6.92 Å². The molecule has 0 unspecified atom stereocenters. The summed E-state index contributed by atoms with van der Waals surface area (Å²) in [5.74, 6) is 0. The van der Waals surface area contributed by atoms with E-state index in [0.717, 1.165) is 5.56 Å². The van der Waals surface area contributed by atoms with E-state index >= 15 is 0 Å². The lowest BCUT2D eigenvalue weighted by molar-refractivity contribution is 0.721. The largest absolute Gasteiger partial charge is 0.249 e. The Hall–Kier alpha value is -2.46. The normalized spacial score (nSPS) is 10.7. The van der Waals surface area contributed by atoms with Crippen molar-refractivity contribution in [3.05, 3.63) is 42.5 Å². The summed E-state index contributed by atoms with van der Waals surface area (Å²) in [6, 6.07) is 12.8. The van der Waals surface area contributed by atoms with Gasteiger partial charge in [-0.25, -0.2) is 0 Å². The first-order valence-corrected chi connectivity index (χ1v) is 4.61. The molecular formula is C12H10N4. The van der Waals surface area contributed by atoms with Gasteiger partial charge in [0.15, 0.2) is 0 Å². The molecule has 0 N–H and O–H groups in total. The molecule has 0 spiro atoms. The van der Waals surface area contributed by atoms with Crippen molar-refractivity contribution in [3.63, 3.8) is 0 Å². The molecule has 0 radical (unpaired) electrons. The Bertz CT molecular complexity index is 474. The molecular weight excluding hydrogens is 200 g/mol. The van der Waals surface area contributed by atoms with Crippen LogP contribution < -0.4 is 0 Å². The highest BCUT2D eigenvalue weighted by atomic mass is 15.1. The van der Waals surface area contributed by atoms with E-state index in [1.165, 1.54) is 6.92 Å². The molecule has 0 bridgehead atoms. The van der Waals surface area contributed by atoms with Crippen LogP contribution in [-0.4, -0.2) is 5.54 Å². The molecule has 0 aromatic heterocycles. The molecule has 0 aliphatic rings. The zero-order valence-electron chi connectivity index (χ0n) is 8.88. The number of hydrogen-bond acceptors (Lipinski definition) is 4. The molecule has 0 saturated carbocycles. The second-order valence-electron chi connectivity index (χ2n) is 3.31. The van der Waals surface area contributed by atoms with E-state index in [4.69, 9.17) is 10.5 Å². The van der Waals surface area contributed by atoms with Gasteiger partial charge >= 0.3 is 0 Å². The smallest absolute Gasteiger partial charge is 0.194 e. The maximum absolute atomic E-state index is 8.71. The highest BCUT2D eigenvalue weighted by Crippen LogP contribution is 2.16. The SMILES string of the molecule is C=C(/N=N/C(C)(C#N)C#N)c1ccccc1. The summed E-state index contributed by atoms with van der Waals surface area (Å²) in [4.78, 5) is 0. The zero-order valence-corrected chi connectivity index (χ0v) is 8.88. The number of azo groups is 1. The van der Waals surface area contributed by atoms with Crippen molar-refractivity contribution in [2.24, 2.45) is 10.2 Å². The van der Waals surface area contributed by atoms with Crippen molar-refractivity contribution < 1.29 is 0 Å². The highest BCUT2D eigenvalue weighted by molar-refractivity contribution is 5.61. The van der Waals surface area contributed by atoms with Gasteiger partial charge in [0.1, 0.15) is 12.1 Å². The number of nitrogens with zero attached hydrogens (tertiary/aromatic N) is 4. The van der Waals surface area contributed by atoms with Crippen molar-refractivity contribution in [1.29, 1.82) is 10.5 Å². The summed E-state index contributed by atoms with van der Waals surface area (Å²) in [5.41, 5.74) is -0.209. The van der Waals surface area contributed by atoms with Crippen LogP contribution in [0.25, 0.3) is 5.70 Å². The predicted octanol–water partition coefficient (Wildman–Crippen LogP) is 2.92. The molecule has 1 rings (SSSR count). The summed E-state index contributed by atoms with van der Waals surface area (Å²) in [7, 11) is 0. The Labute approximate surface area is 94.2 Å². The average molecular weight is 210 g/mol. The van der Waals surface area contributed by atoms with E-state index in [1.54, 1.807) is 12.1 Å². The Morgan fingerprint density at radius 2 is 1.81 bits per heavy atom. The van der Waals surface area contributed by atoms with Crippen molar-refractivity contribution in [1.82, 2.24) is 0 Å². The molecule has 0 atom stereocenters. The molecule has 0 amide bonds. The van der Waals surface area contributed by atoms with Crippen LogP contribution in [0.1, 0.15) is 12.5 Å². The van der Waals surface area contributed by atoms with Crippen LogP contribution in [0.3, 0.4) is 0 Å². The number of rotatable bonds is 3. The number of hydrogen-bond donors (Lipinski definition) is 0. The number of benzene rings is 1. The molecule has 16 heavy (non-hydrogen) atoms. The molecule has 4 nitrogen and oxygen atoms in total. The number of nitriles is 2. The van der Waals surface area contributed by atoms with Gasteiger partial charge in [-0.3, -0.25) is 0 Å². The van der Waals surface area contributed by atoms with Crippen LogP contribution in [0, 0.1) is 22.7 Å². The third kappa shape index (κ3) is 2.76. The quantitative estimate of drug-likeness (QED) is 0.719. The molecule has 0 aliphatic carbocycles. The maximum atomic E-state index is 8.71. The lowest BCUT2D eigenvalue weighted by Crippen LogP contribution is -2.14. The van der Waals surface area contributed by atoms with Crippen molar-refractivity contribution in [2.75, 3.05) is 0 Å². The van der Waals surface area contributed by atoms with Gasteiger partial charge in [0.2, 0.25) is 5.54 Å². The van der Waals surface area contributed by atoms with E-state index in [-0.39, 0.29) is 0 Å². The first-order valence-electron chi connectivity index (χ1n) is 4.61. The van der Waals surface area contributed by atoms with Crippen molar-refractivity contribution in [2.45, 2.75) is 12.5 Å². The zero-order chi connectivity index (χ0) is 12.0. The van der Waals surface area contributed by atoms with E-state index in [0.29, 0.717) is 5.70 Å². The molecule has 0 fully saturated rings. The molecule has 78 valence electrons. The van der Waals surface area contributed by atoms with Crippen molar-refractivity contribution >= 4 is 5.70 Å². The fraction of sp³-hybridized carbons (Fsp3) is 0.167. The fourth-order valence-corrected chi connectivity index (χ4v) is 0.918. The predicted molar refractivity (Wildman–Crippen MR) is 60.0 cm³/mol. The first kappa shape index (κ1) is 11.6. The molecule has 0 saturated heterocycles.